The van der Waals surface area contributed by atoms with Gasteiger partial charge >= 0.3 is 5.97 Å². The number of aromatic nitrogens is 2. The van der Waals surface area contributed by atoms with Crippen molar-refractivity contribution >= 4 is 11.8 Å². The van der Waals surface area contributed by atoms with E-state index in [9.17, 15) is 4.79 Å². The normalized spacial score (nSPS) is 10.3. The molecule has 16 heavy (non-hydrogen) atoms. The van der Waals surface area contributed by atoms with Gasteiger partial charge in [-0.3, -0.25) is 5.10 Å². The fourth-order valence-electron chi connectivity index (χ4n) is 1.39. The second-order valence-electron chi connectivity index (χ2n) is 3.76. The number of nitrogens with one attached hydrogen (secondary N) is 1. The number of ether oxygens (including phenoxy) is 1. The zero-order valence-corrected chi connectivity index (χ0v) is 9.66. The highest BCUT2D eigenvalue weighted by molar-refractivity contribution is 5.87. The van der Waals surface area contributed by atoms with Crippen LogP contribution in [0.4, 0.5) is 5.82 Å². The van der Waals surface area contributed by atoms with Gasteiger partial charge in [0.2, 0.25) is 0 Å². The number of aromatic amines is 1. The van der Waals surface area contributed by atoms with Gasteiger partial charge in [-0.05, 0) is 6.42 Å². The van der Waals surface area contributed by atoms with E-state index in [1.165, 1.54) is 25.3 Å². The molecule has 0 bridgehead atoms. The molecule has 90 valence electrons. The number of carbonyl (C=O) groups is 1. The molecule has 0 fully saturated rings. The van der Waals surface area contributed by atoms with Crippen molar-refractivity contribution in [2.45, 2.75) is 39.0 Å². The van der Waals surface area contributed by atoms with Crippen molar-refractivity contribution in [1.82, 2.24) is 10.2 Å². The molecule has 1 rings (SSSR count). The van der Waals surface area contributed by atoms with Crippen molar-refractivity contribution in [2.24, 2.45) is 0 Å². The SMILES string of the molecule is CCCCCCCOC(=O)c1cc(N)n[nH]1. The molecule has 0 aliphatic heterocycles. The number of nitrogens with two attached hydrogens (primary N) is 1. The second-order valence-corrected chi connectivity index (χ2v) is 3.76. The van der Waals surface area contributed by atoms with Gasteiger partial charge in [-0.15, -0.1) is 0 Å². The summed E-state index contributed by atoms with van der Waals surface area (Å²) in [5.74, 6) is -0.0883. The molecule has 0 atom stereocenters. The van der Waals surface area contributed by atoms with Crippen LogP contribution in [0.25, 0.3) is 0 Å². The molecule has 0 amide bonds. The molecule has 0 aliphatic carbocycles. The Morgan fingerprint density at radius 3 is 2.81 bits per heavy atom. The maximum atomic E-state index is 11.4. The van der Waals surface area contributed by atoms with Crippen LogP contribution in [0.1, 0.15) is 49.5 Å². The monoisotopic (exact) mass is 225 g/mol. The van der Waals surface area contributed by atoms with E-state index in [-0.39, 0.29) is 5.97 Å². The van der Waals surface area contributed by atoms with Gasteiger partial charge in [0.05, 0.1) is 6.61 Å². The summed E-state index contributed by atoms with van der Waals surface area (Å²) in [5, 5.41) is 6.18. The van der Waals surface area contributed by atoms with Crippen molar-refractivity contribution in [3.05, 3.63) is 11.8 Å². The molecular formula is C11H19N3O2. The molecule has 0 saturated heterocycles. The van der Waals surface area contributed by atoms with Crippen LogP contribution in [0, 0.1) is 0 Å². The lowest BCUT2D eigenvalue weighted by molar-refractivity contribution is 0.0491. The predicted octanol–water partition coefficient (Wildman–Crippen LogP) is 2.12. The van der Waals surface area contributed by atoms with Crippen LogP contribution in [0.15, 0.2) is 6.07 Å². The summed E-state index contributed by atoms with van der Waals surface area (Å²) in [6.45, 7) is 2.63. The van der Waals surface area contributed by atoms with Gasteiger partial charge in [0.15, 0.2) is 0 Å². The number of unbranched alkanes of at least 4 members (excludes halogenated alkanes) is 4. The Hall–Kier alpha value is -1.52. The Kier molecular flexibility index (Phi) is 5.39. The van der Waals surface area contributed by atoms with E-state index in [0.717, 1.165) is 12.8 Å². The summed E-state index contributed by atoms with van der Waals surface area (Å²) in [6.07, 6.45) is 5.67. The third-order valence-electron chi connectivity index (χ3n) is 2.30. The molecule has 0 radical (unpaired) electrons. The standard InChI is InChI=1S/C11H19N3O2/c1-2-3-4-5-6-7-16-11(15)9-8-10(12)14-13-9/h8H,2-7H2,1H3,(H3,12,13,14). The van der Waals surface area contributed by atoms with Crippen molar-refractivity contribution < 1.29 is 9.53 Å². The topological polar surface area (TPSA) is 81.0 Å². The van der Waals surface area contributed by atoms with Gasteiger partial charge < -0.3 is 10.5 Å². The average Bonchev–Trinajstić information content (AvgIpc) is 2.70. The number of rotatable bonds is 7. The van der Waals surface area contributed by atoms with Crippen LogP contribution in [0.5, 0.6) is 0 Å². The van der Waals surface area contributed by atoms with Gasteiger partial charge in [0.25, 0.3) is 0 Å². The summed E-state index contributed by atoms with van der Waals surface area (Å²) in [7, 11) is 0. The van der Waals surface area contributed by atoms with Gasteiger partial charge in [0.1, 0.15) is 11.5 Å². The van der Waals surface area contributed by atoms with E-state index in [1.807, 2.05) is 0 Å². The zero-order chi connectivity index (χ0) is 11.8. The van der Waals surface area contributed by atoms with Crippen LogP contribution < -0.4 is 5.73 Å². The average molecular weight is 225 g/mol. The summed E-state index contributed by atoms with van der Waals surface area (Å²) >= 11 is 0. The molecule has 0 unspecified atom stereocenters. The first-order valence-electron chi connectivity index (χ1n) is 5.72. The Labute approximate surface area is 95.4 Å². The molecule has 0 aliphatic rings. The van der Waals surface area contributed by atoms with E-state index in [4.69, 9.17) is 10.5 Å². The first kappa shape index (κ1) is 12.5. The number of H-pyrrole nitrogens is 1. The molecular weight excluding hydrogens is 206 g/mol. The second kappa shape index (κ2) is 6.87. The van der Waals surface area contributed by atoms with E-state index >= 15 is 0 Å². The highest BCUT2D eigenvalue weighted by atomic mass is 16.5. The lowest BCUT2D eigenvalue weighted by Gasteiger charge is -2.02. The number of nitrogens with zero attached hydrogens (tertiary/aromatic N) is 1. The van der Waals surface area contributed by atoms with Gasteiger partial charge in [0, 0.05) is 6.07 Å². The minimum atomic E-state index is -0.389. The number of anilines is 1. The first-order valence-corrected chi connectivity index (χ1v) is 5.72. The Bertz CT molecular complexity index is 323. The molecule has 1 aromatic heterocycles. The van der Waals surface area contributed by atoms with Gasteiger partial charge in [-0.1, -0.05) is 32.6 Å². The molecule has 5 nitrogen and oxygen atoms in total. The number of hydrogen-bond acceptors (Lipinski definition) is 4. The smallest absolute Gasteiger partial charge is 0.356 e. The molecule has 0 aromatic carbocycles. The van der Waals surface area contributed by atoms with Gasteiger partial charge in [-0.25, -0.2) is 4.79 Å². The minimum Gasteiger partial charge on any atom is -0.461 e. The molecule has 1 aromatic rings. The molecule has 0 saturated carbocycles. The number of esters is 1. The predicted molar refractivity (Wildman–Crippen MR) is 62.0 cm³/mol. The number of hydrogen-bond donors (Lipinski definition) is 2. The van der Waals surface area contributed by atoms with E-state index in [2.05, 4.69) is 17.1 Å². The molecule has 0 spiro atoms. The Morgan fingerprint density at radius 1 is 1.44 bits per heavy atom. The maximum Gasteiger partial charge on any atom is 0.356 e. The van der Waals surface area contributed by atoms with Crippen LogP contribution in [0.3, 0.4) is 0 Å². The Morgan fingerprint density at radius 2 is 2.19 bits per heavy atom. The quantitative estimate of drug-likeness (QED) is 0.550. The zero-order valence-electron chi connectivity index (χ0n) is 9.66. The Balaban J connectivity index is 2.11. The maximum absolute atomic E-state index is 11.4. The van der Waals surface area contributed by atoms with Crippen molar-refractivity contribution in [2.75, 3.05) is 12.3 Å². The summed E-state index contributed by atoms with van der Waals surface area (Å²) < 4.78 is 5.06. The summed E-state index contributed by atoms with van der Waals surface area (Å²) in [5.41, 5.74) is 5.69. The lowest BCUT2D eigenvalue weighted by atomic mass is 10.2. The first-order chi connectivity index (χ1) is 7.74. The molecule has 3 N–H and O–H groups in total. The lowest BCUT2D eigenvalue weighted by Crippen LogP contribution is -2.06. The third kappa shape index (κ3) is 4.33. The number of nitrogen functional groups attached to an aromatic ring is 1. The van der Waals surface area contributed by atoms with E-state index in [0.29, 0.717) is 18.1 Å². The third-order valence-corrected chi connectivity index (χ3v) is 2.30. The van der Waals surface area contributed by atoms with E-state index in [1.54, 1.807) is 0 Å². The van der Waals surface area contributed by atoms with Crippen LogP contribution in [-0.2, 0) is 4.74 Å². The highest BCUT2D eigenvalue weighted by Gasteiger charge is 2.09. The number of carbonyl (C=O) groups excluding carboxylic acids is 1. The summed E-state index contributed by atoms with van der Waals surface area (Å²) in [4.78, 5) is 11.4. The largest absolute Gasteiger partial charge is 0.461 e. The molecule has 1 heterocycles. The van der Waals surface area contributed by atoms with Crippen LogP contribution >= 0.6 is 0 Å². The fourth-order valence-corrected chi connectivity index (χ4v) is 1.39. The minimum absolute atomic E-state index is 0.301. The fraction of sp³-hybridized carbons (Fsp3) is 0.636. The van der Waals surface area contributed by atoms with Crippen LogP contribution in [0.2, 0.25) is 0 Å². The van der Waals surface area contributed by atoms with Gasteiger partial charge in [-0.2, -0.15) is 5.10 Å². The summed E-state index contributed by atoms with van der Waals surface area (Å²) in [6, 6.07) is 1.47. The van der Waals surface area contributed by atoms with E-state index < -0.39 is 0 Å². The van der Waals surface area contributed by atoms with Crippen molar-refractivity contribution in [3.8, 4) is 0 Å². The van der Waals surface area contributed by atoms with Crippen molar-refractivity contribution in [1.29, 1.82) is 0 Å². The van der Waals surface area contributed by atoms with Crippen LogP contribution in [-0.4, -0.2) is 22.8 Å². The highest BCUT2D eigenvalue weighted by Crippen LogP contribution is 2.05. The molecule has 5 heteroatoms. The van der Waals surface area contributed by atoms with Crippen molar-refractivity contribution in [3.63, 3.8) is 0 Å².